The first kappa shape index (κ1) is 15.6. The zero-order valence-electron chi connectivity index (χ0n) is 12.7. The van der Waals surface area contributed by atoms with E-state index in [1.54, 1.807) is 6.92 Å². The highest BCUT2D eigenvalue weighted by Crippen LogP contribution is 2.33. The third-order valence-electron chi connectivity index (χ3n) is 3.66. The van der Waals surface area contributed by atoms with Gasteiger partial charge in [-0.3, -0.25) is 0 Å². The Morgan fingerprint density at radius 3 is 2.71 bits per heavy atom. The van der Waals surface area contributed by atoms with Crippen molar-refractivity contribution in [3.63, 3.8) is 0 Å². The highest BCUT2D eigenvalue weighted by atomic mass is 16.5. The number of hydrogen-bond donors (Lipinski definition) is 1. The van der Waals surface area contributed by atoms with Crippen LogP contribution < -0.4 is 4.74 Å². The van der Waals surface area contributed by atoms with Crippen LogP contribution in [0, 0.1) is 0 Å². The van der Waals surface area contributed by atoms with E-state index in [0.717, 1.165) is 47.8 Å². The van der Waals surface area contributed by atoms with E-state index >= 15 is 0 Å². The Hall–Kier alpha value is -1.80. The van der Waals surface area contributed by atoms with E-state index in [9.17, 15) is 5.11 Å². The number of unbranched alkanes of at least 4 members (excludes halogenated alkanes) is 3. The molecule has 0 aliphatic carbocycles. The number of benzene rings is 2. The van der Waals surface area contributed by atoms with E-state index in [1.807, 2.05) is 36.4 Å². The van der Waals surface area contributed by atoms with Crippen molar-refractivity contribution in [3.8, 4) is 5.75 Å². The van der Waals surface area contributed by atoms with Crippen molar-refractivity contribution >= 4 is 10.8 Å². The lowest BCUT2D eigenvalue weighted by Gasteiger charge is -2.16. The number of hydrogen-bond acceptors (Lipinski definition) is 2. The van der Waals surface area contributed by atoms with Crippen molar-refractivity contribution in [1.29, 1.82) is 0 Å². The summed E-state index contributed by atoms with van der Waals surface area (Å²) in [4.78, 5) is 0. The van der Waals surface area contributed by atoms with Gasteiger partial charge in [0.2, 0.25) is 0 Å². The van der Waals surface area contributed by atoms with Gasteiger partial charge >= 0.3 is 0 Å². The number of rotatable bonds is 8. The third kappa shape index (κ3) is 4.08. The number of allylic oxidation sites excluding steroid dienone is 1. The Morgan fingerprint density at radius 1 is 1.14 bits per heavy atom. The minimum absolute atomic E-state index is 0.523. The topological polar surface area (TPSA) is 29.5 Å². The summed E-state index contributed by atoms with van der Waals surface area (Å²) in [5.74, 6) is 0.826. The summed E-state index contributed by atoms with van der Waals surface area (Å²) in [7, 11) is 0. The number of aliphatic hydroxyl groups excluding tert-OH is 1. The average molecular weight is 284 g/mol. The standard InChI is InChI=1S/C19H24O2/c1-3-4-5-6-9-14-21-19-17(15(2)20)13-12-16-10-7-8-11-18(16)19/h3,7-8,10-13,15,20H,1,4-6,9,14H2,2H3. The fraction of sp³-hybridized carbons (Fsp3) is 0.368. The van der Waals surface area contributed by atoms with Gasteiger partial charge < -0.3 is 9.84 Å². The molecule has 0 fully saturated rings. The van der Waals surface area contributed by atoms with Gasteiger partial charge in [0, 0.05) is 10.9 Å². The quantitative estimate of drug-likeness (QED) is 0.545. The van der Waals surface area contributed by atoms with Gasteiger partial charge in [0.15, 0.2) is 0 Å². The van der Waals surface area contributed by atoms with Crippen LogP contribution in [0.1, 0.15) is 44.3 Å². The van der Waals surface area contributed by atoms with Gasteiger partial charge in [0.1, 0.15) is 5.75 Å². The summed E-state index contributed by atoms with van der Waals surface area (Å²) in [6.45, 7) is 6.20. The zero-order valence-corrected chi connectivity index (χ0v) is 12.7. The van der Waals surface area contributed by atoms with Crippen LogP contribution in [-0.4, -0.2) is 11.7 Å². The maximum atomic E-state index is 9.95. The van der Waals surface area contributed by atoms with Crippen molar-refractivity contribution in [2.75, 3.05) is 6.61 Å². The van der Waals surface area contributed by atoms with Crippen molar-refractivity contribution in [2.24, 2.45) is 0 Å². The molecule has 2 aromatic carbocycles. The van der Waals surface area contributed by atoms with Crippen molar-refractivity contribution in [2.45, 2.75) is 38.7 Å². The molecule has 0 bridgehead atoms. The van der Waals surface area contributed by atoms with E-state index in [0.29, 0.717) is 6.61 Å². The highest BCUT2D eigenvalue weighted by molar-refractivity contribution is 5.89. The summed E-state index contributed by atoms with van der Waals surface area (Å²) in [5.41, 5.74) is 0.861. The Balaban J connectivity index is 2.12. The Bertz CT molecular complexity index is 587. The second-order valence-electron chi connectivity index (χ2n) is 5.37. The number of fused-ring (bicyclic) bond motifs is 1. The van der Waals surface area contributed by atoms with Crippen LogP contribution in [0.4, 0.5) is 0 Å². The van der Waals surface area contributed by atoms with Crippen molar-refractivity contribution in [1.82, 2.24) is 0 Å². The molecule has 2 rings (SSSR count). The van der Waals surface area contributed by atoms with Crippen LogP contribution in [0.15, 0.2) is 49.1 Å². The lowest BCUT2D eigenvalue weighted by atomic mass is 10.0. The molecular formula is C19H24O2. The minimum Gasteiger partial charge on any atom is -0.493 e. The summed E-state index contributed by atoms with van der Waals surface area (Å²) in [5, 5.41) is 12.2. The normalized spacial score (nSPS) is 12.3. The summed E-state index contributed by atoms with van der Waals surface area (Å²) < 4.78 is 6.01. The summed E-state index contributed by atoms with van der Waals surface area (Å²) in [6, 6.07) is 12.1. The Morgan fingerprint density at radius 2 is 1.95 bits per heavy atom. The van der Waals surface area contributed by atoms with Crippen molar-refractivity contribution < 1.29 is 9.84 Å². The molecule has 2 nitrogen and oxygen atoms in total. The van der Waals surface area contributed by atoms with Gasteiger partial charge in [-0.2, -0.15) is 0 Å². The molecule has 0 saturated heterocycles. The first-order valence-electron chi connectivity index (χ1n) is 7.67. The maximum absolute atomic E-state index is 9.95. The molecule has 0 heterocycles. The van der Waals surface area contributed by atoms with Crippen LogP contribution in [0.25, 0.3) is 10.8 Å². The molecule has 0 aromatic heterocycles. The average Bonchev–Trinajstić information content (AvgIpc) is 2.50. The SMILES string of the molecule is C=CCCCCCOc1c(C(C)O)ccc2ccccc12. The lowest BCUT2D eigenvalue weighted by molar-refractivity contribution is 0.191. The molecule has 21 heavy (non-hydrogen) atoms. The van der Waals surface area contributed by atoms with Gasteiger partial charge in [-0.25, -0.2) is 0 Å². The van der Waals surface area contributed by atoms with Gasteiger partial charge in [-0.05, 0) is 38.0 Å². The van der Waals surface area contributed by atoms with Gasteiger partial charge in [0.05, 0.1) is 12.7 Å². The molecule has 1 unspecified atom stereocenters. The molecule has 0 amide bonds. The van der Waals surface area contributed by atoms with Crippen LogP contribution in [0.5, 0.6) is 5.75 Å². The molecule has 2 heteroatoms. The van der Waals surface area contributed by atoms with E-state index in [4.69, 9.17) is 4.74 Å². The molecular weight excluding hydrogens is 260 g/mol. The largest absolute Gasteiger partial charge is 0.493 e. The molecule has 0 spiro atoms. The molecule has 112 valence electrons. The molecule has 0 radical (unpaired) electrons. The smallest absolute Gasteiger partial charge is 0.132 e. The first-order chi connectivity index (χ1) is 10.2. The van der Waals surface area contributed by atoms with E-state index in [-0.39, 0.29) is 0 Å². The second kappa shape index (κ2) is 7.84. The maximum Gasteiger partial charge on any atom is 0.132 e. The predicted molar refractivity (Wildman–Crippen MR) is 88.7 cm³/mol. The molecule has 1 N–H and O–H groups in total. The Labute approximate surface area is 127 Å². The van der Waals surface area contributed by atoms with Crippen molar-refractivity contribution in [3.05, 3.63) is 54.6 Å². The Kier molecular flexibility index (Phi) is 5.82. The zero-order chi connectivity index (χ0) is 15.1. The number of ether oxygens (including phenoxy) is 1. The van der Waals surface area contributed by atoms with Crippen LogP contribution in [-0.2, 0) is 0 Å². The first-order valence-corrected chi connectivity index (χ1v) is 7.67. The fourth-order valence-electron chi connectivity index (χ4n) is 2.49. The van der Waals surface area contributed by atoms with E-state index in [2.05, 4.69) is 12.6 Å². The molecule has 2 aromatic rings. The van der Waals surface area contributed by atoms with Crippen LogP contribution in [0.3, 0.4) is 0 Å². The third-order valence-corrected chi connectivity index (χ3v) is 3.66. The molecule has 0 aliphatic rings. The summed E-state index contributed by atoms with van der Waals surface area (Å²) >= 11 is 0. The lowest BCUT2D eigenvalue weighted by Crippen LogP contribution is -2.03. The van der Waals surface area contributed by atoms with Gasteiger partial charge in [-0.1, -0.05) is 42.5 Å². The monoisotopic (exact) mass is 284 g/mol. The van der Waals surface area contributed by atoms with E-state index < -0.39 is 6.10 Å². The van der Waals surface area contributed by atoms with Crippen LogP contribution in [0.2, 0.25) is 0 Å². The van der Waals surface area contributed by atoms with Gasteiger partial charge in [0.25, 0.3) is 0 Å². The highest BCUT2D eigenvalue weighted by Gasteiger charge is 2.12. The predicted octanol–water partition coefficient (Wildman–Crippen LogP) is 5.02. The fourth-order valence-corrected chi connectivity index (χ4v) is 2.49. The molecule has 1 atom stereocenters. The molecule has 0 saturated carbocycles. The molecule has 0 aliphatic heterocycles. The number of aliphatic hydroxyl groups is 1. The van der Waals surface area contributed by atoms with E-state index in [1.165, 1.54) is 0 Å². The second-order valence-corrected chi connectivity index (χ2v) is 5.37. The van der Waals surface area contributed by atoms with Gasteiger partial charge in [-0.15, -0.1) is 6.58 Å². The van der Waals surface area contributed by atoms with Crippen LogP contribution >= 0.6 is 0 Å². The summed E-state index contributed by atoms with van der Waals surface area (Å²) in [6.07, 6.45) is 5.82. The minimum atomic E-state index is -0.523.